The maximum atomic E-state index is 14.9. The van der Waals surface area contributed by atoms with Crippen molar-refractivity contribution in [3.63, 3.8) is 0 Å². The van der Waals surface area contributed by atoms with Gasteiger partial charge in [-0.15, -0.1) is 0 Å². The topological polar surface area (TPSA) is 117 Å². The first-order chi connectivity index (χ1) is 15.6. The maximum Gasteiger partial charge on any atom is 0.223 e. The summed E-state index contributed by atoms with van der Waals surface area (Å²) in [5.41, 5.74) is 2.64. The first kappa shape index (κ1) is 20.2. The van der Waals surface area contributed by atoms with E-state index < -0.39 is 5.82 Å². The number of hydrogen-bond acceptors (Lipinski definition) is 8. The molecule has 0 radical (unpaired) electrons. The second kappa shape index (κ2) is 8.45. The van der Waals surface area contributed by atoms with Gasteiger partial charge in [0, 0.05) is 47.3 Å². The van der Waals surface area contributed by atoms with Crippen LogP contribution >= 0.6 is 0 Å². The van der Waals surface area contributed by atoms with E-state index >= 15 is 0 Å². The fourth-order valence-electron chi connectivity index (χ4n) is 4.17. The monoisotopic (exact) mass is 433 g/mol. The molecule has 32 heavy (non-hydrogen) atoms. The molecule has 0 bridgehead atoms. The number of nitrogens with zero attached hydrogens (tertiary/aromatic N) is 6. The van der Waals surface area contributed by atoms with Gasteiger partial charge in [-0.1, -0.05) is 0 Å². The lowest BCUT2D eigenvalue weighted by Crippen LogP contribution is -2.35. The molecule has 0 saturated heterocycles. The Kier molecular flexibility index (Phi) is 5.34. The molecular weight excluding hydrogens is 409 g/mol. The minimum absolute atomic E-state index is 0.0778. The van der Waals surface area contributed by atoms with Crippen molar-refractivity contribution in [2.24, 2.45) is 0 Å². The molecule has 1 saturated carbocycles. The van der Waals surface area contributed by atoms with Crippen LogP contribution in [0.3, 0.4) is 0 Å². The number of rotatable bonds is 5. The van der Waals surface area contributed by atoms with Crippen LogP contribution in [0.4, 0.5) is 16.2 Å². The third-order valence-electron chi connectivity index (χ3n) is 5.76. The van der Waals surface area contributed by atoms with E-state index in [0.717, 1.165) is 42.3 Å². The van der Waals surface area contributed by atoms with E-state index in [4.69, 9.17) is 0 Å². The highest BCUT2D eigenvalue weighted by molar-refractivity contribution is 5.91. The molecule has 0 aliphatic heterocycles. The van der Waals surface area contributed by atoms with Gasteiger partial charge >= 0.3 is 0 Å². The Morgan fingerprint density at radius 2 is 1.91 bits per heavy atom. The first-order valence-electron chi connectivity index (χ1n) is 10.7. The van der Waals surface area contributed by atoms with Crippen molar-refractivity contribution in [3.8, 4) is 11.4 Å². The molecule has 2 atom stereocenters. The summed E-state index contributed by atoms with van der Waals surface area (Å²) >= 11 is 0. The average Bonchev–Trinajstić information content (AvgIpc) is 3.21. The highest BCUT2D eigenvalue weighted by Crippen LogP contribution is 2.29. The summed E-state index contributed by atoms with van der Waals surface area (Å²) in [5.74, 6) is 0.854. The molecule has 0 spiro atoms. The number of halogens is 1. The van der Waals surface area contributed by atoms with Gasteiger partial charge < -0.3 is 15.6 Å². The Labute approximate surface area is 184 Å². The van der Waals surface area contributed by atoms with E-state index in [1.54, 1.807) is 25.5 Å². The molecule has 0 aromatic carbocycles. The van der Waals surface area contributed by atoms with Crippen LogP contribution in [0.2, 0.25) is 0 Å². The van der Waals surface area contributed by atoms with Gasteiger partial charge in [-0.05, 0) is 45.6 Å². The van der Waals surface area contributed by atoms with Crippen LogP contribution in [0.5, 0.6) is 0 Å². The third-order valence-corrected chi connectivity index (χ3v) is 5.76. The fraction of sp³-hybridized carbons (Fsp3) is 0.364. The van der Waals surface area contributed by atoms with Gasteiger partial charge in [-0.25, -0.2) is 34.3 Å². The minimum Gasteiger partial charge on any atom is -0.365 e. The van der Waals surface area contributed by atoms with Crippen molar-refractivity contribution in [1.29, 1.82) is 0 Å². The van der Waals surface area contributed by atoms with Gasteiger partial charge in [-0.2, -0.15) is 0 Å². The molecule has 1 aliphatic rings. The fourth-order valence-corrected chi connectivity index (χ4v) is 4.17. The van der Waals surface area contributed by atoms with Crippen LogP contribution in [-0.2, 0) is 0 Å². The number of fused-ring (bicyclic) bond motifs is 1. The largest absolute Gasteiger partial charge is 0.365 e. The summed E-state index contributed by atoms with van der Waals surface area (Å²) in [4.78, 5) is 29.0. The van der Waals surface area contributed by atoms with Crippen LogP contribution in [0.15, 0.2) is 31.0 Å². The summed E-state index contributed by atoms with van der Waals surface area (Å²) in [6.07, 6.45) is 10.5. The van der Waals surface area contributed by atoms with E-state index in [0.29, 0.717) is 23.1 Å². The smallest absolute Gasteiger partial charge is 0.223 e. The summed E-state index contributed by atoms with van der Waals surface area (Å²) in [5, 5.41) is 7.53. The van der Waals surface area contributed by atoms with Crippen LogP contribution in [0.1, 0.15) is 37.1 Å². The molecule has 1 fully saturated rings. The molecule has 9 nitrogen and oxygen atoms in total. The molecule has 4 aromatic rings. The minimum atomic E-state index is -0.429. The predicted molar refractivity (Wildman–Crippen MR) is 120 cm³/mol. The van der Waals surface area contributed by atoms with Crippen molar-refractivity contribution in [1.82, 2.24) is 34.9 Å². The molecule has 0 unspecified atom stereocenters. The molecule has 0 amide bonds. The summed E-state index contributed by atoms with van der Waals surface area (Å²) < 4.78 is 14.9. The molecule has 3 N–H and O–H groups in total. The van der Waals surface area contributed by atoms with Crippen LogP contribution < -0.4 is 10.6 Å². The van der Waals surface area contributed by atoms with E-state index in [1.807, 2.05) is 13.0 Å². The van der Waals surface area contributed by atoms with Crippen molar-refractivity contribution >= 4 is 22.8 Å². The van der Waals surface area contributed by atoms with E-state index in [9.17, 15) is 4.39 Å². The molecule has 4 aromatic heterocycles. The van der Waals surface area contributed by atoms with Gasteiger partial charge in [0.05, 0.1) is 5.69 Å². The Hall–Kier alpha value is -3.69. The summed E-state index contributed by atoms with van der Waals surface area (Å²) in [7, 11) is 0. The van der Waals surface area contributed by atoms with Crippen molar-refractivity contribution in [2.75, 3.05) is 10.6 Å². The number of aromatic amines is 1. The van der Waals surface area contributed by atoms with Crippen LogP contribution in [-0.4, -0.2) is 47.0 Å². The number of aryl methyl sites for hydroxylation is 2. The second-order valence-electron chi connectivity index (χ2n) is 8.15. The maximum absolute atomic E-state index is 14.9. The summed E-state index contributed by atoms with van der Waals surface area (Å²) in [6.45, 7) is 3.59. The SMILES string of the molecule is Cc1ccnc(N[C@H]2CCC[C@@H](Nc3nc(-c4c[nH]c5ncncc45)nc(C)c3F)C2)n1. The Morgan fingerprint density at radius 1 is 1.06 bits per heavy atom. The molecule has 1 aliphatic carbocycles. The zero-order valence-electron chi connectivity index (χ0n) is 17.9. The molecule has 5 rings (SSSR count). The Morgan fingerprint density at radius 3 is 2.75 bits per heavy atom. The van der Waals surface area contributed by atoms with E-state index in [1.165, 1.54) is 6.33 Å². The third kappa shape index (κ3) is 4.08. The average molecular weight is 433 g/mol. The predicted octanol–water partition coefficient (Wildman–Crippen LogP) is 3.80. The van der Waals surface area contributed by atoms with Crippen LogP contribution in [0.25, 0.3) is 22.4 Å². The molecule has 4 heterocycles. The van der Waals surface area contributed by atoms with Gasteiger partial charge in [0.25, 0.3) is 0 Å². The first-order valence-corrected chi connectivity index (χ1v) is 10.7. The summed E-state index contributed by atoms with van der Waals surface area (Å²) in [6, 6.07) is 2.15. The number of nitrogens with one attached hydrogen (secondary N) is 3. The number of anilines is 2. The Bertz CT molecular complexity index is 1260. The van der Waals surface area contributed by atoms with Gasteiger partial charge in [-0.3, -0.25) is 0 Å². The highest BCUT2D eigenvalue weighted by Gasteiger charge is 2.25. The standard InChI is InChI=1S/C22H24FN9/c1-12-6-7-25-22(28-12)31-15-5-3-4-14(8-15)30-21-18(23)13(2)29-20(32-21)17-10-26-19-16(17)9-24-11-27-19/h6-7,9-11,14-15H,3-5,8H2,1-2H3,(H,24,26,27)(H,25,28,31)(H,29,30,32)/t14-,15+/m1/s1. The van der Waals surface area contributed by atoms with Crippen molar-refractivity contribution < 1.29 is 4.39 Å². The lowest BCUT2D eigenvalue weighted by Gasteiger charge is -2.30. The highest BCUT2D eigenvalue weighted by atomic mass is 19.1. The number of hydrogen-bond donors (Lipinski definition) is 3. The van der Waals surface area contributed by atoms with E-state index in [2.05, 4.69) is 45.5 Å². The zero-order valence-corrected chi connectivity index (χ0v) is 17.9. The molecular formula is C22H24FN9. The van der Waals surface area contributed by atoms with Crippen molar-refractivity contribution in [3.05, 3.63) is 48.2 Å². The van der Waals surface area contributed by atoms with Crippen molar-refractivity contribution in [2.45, 2.75) is 51.6 Å². The normalized spacial score (nSPS) is 18.6. The quantitative estimate of drug-likeness (QED) is 0.435. The van der Waals surface area contributed by atoms with E-state index in [-0.39, 0.29) is 17.9 Å². The van der Waals surface area contributed by atoms with Gasteiger partial charge in [0.15, 0.2) is 17.5 Å². The Balaban J connectivity index is 1.36. The molecule has 10 heteroatoms. The van der Waals surface area contributed by atoms with Gasteiger partial charge in [0.2, 0.25) is 5.95 Å². The number of H-pyrrole nitrogens is 1. The van der Waals surface area contributed by atoms with Gasteiger partial charge in [0.1, 0.15) is 12.0 Å². The lowest BCUT2D eigenvalue weighted by atomic mass is 9.91. The number of aromatic nitrogens is 7. The van der Waals surface area contributed by atoms with Crippen LogP contribution in [0, 0.1) is 19.7 Å². The lowest BCUT2D eigenvalue weighted by molar-refractivity contribution is 0.423. The zero-order chi connectivity index (χ0) is 22.1. The second-order valence-corrected chi connectivity index (χ2v) is 8.15. The molecule has 164 valence electrons.